The molecule has 0 aromatic heterocycles. The number of unbranched alkanes of at least 4 members (excludes halogenated alkanes) is 6. The van der Waals surface area contributed by atoms with E-state index in [2.05, 4.69) is 107 Å². The molecule has 0 fully saturated rings. The lowest BCUT2D eigenvalue weighted by molar-refractivity contribution is -0.00128. The van der Waals surface area contributed by atoms with Crippen LogP contribution in [-0.4, -0.2) is 38.8 Å². The van der Waals surface area contributed by atoms with Crippen LogP contribution in [-0.2, 0) is 9.47 Å². The van der Waals surface area contributed by atoms with Crippen LogP contribution in [0, 0.1) is 13.8 Å². The Morgan fingerprint density at radius 2 is 1.05 bits per heavy atom. The van der Waals surface area contributed by atoms with Crippen LogP contribution in [0.5, 0.6) is 0 Å². The summed E-state index contributed by atoms with van der Waals surface area (Å²) in [5.74, 6) is 0. The van der Waals surface area contributed by atoms with Crippen molar-refractivity contribution in [2.24, 2.45) is 0 Å². The van der Waals surface area contributed by atoms with Gasteiger partial charge in [-0.1, -0.05) is 66.2 Å². The molecular formula is C36H61N3O2. The van der Waals surface area contributed by atoms with Crippen LogP contribution in [0.25, 0.3) is 0 Å². The van der Waals surface area contributed by atoms with Crippen LogP contribution in [0.1, 0.15) is 117 Å². The molecule has 0 aliphatic heterocycles. The van der Waals surface area contributed by atoms with E-state index in [0.717, 1.165) is 69.0 Å². The lowest BCUT2D eigenvalue weighted by atomic mass is 10.1. The van der Waals surface area contributed by atoms with Crippen molar-refractivity contribution in [3.63, 3.8) is 0 Å². The first-order valence-corrected chi connectivity index (χ1v) is 16.6. The molecule has 1 N–H and O–H groups in total. The van der Waals surface area contributed by atoms with Crippen molar-refractivity contribution in [2.75, 3.05) is 41.4 Å². The first-order chi connectivity index (χ1) is 19.9. The molecule has 2 aromatic rings. The van der Waals surface area contributed by atoms with E-state index in [1.54, 1.807) is 0 Å². The van der Waals surface area contributed by atoms with Crippen molar-refractivity contribution in [3.05, 3.63) is 47.5 Å². The summed E-state index contributed by atoms with van der Waals surface area (Å²) < 4.78 is 12.5. The van der Waals surface area contributed by atoms with Gasteiger partial charge in [-0.05, 0) is 101 Å². The highest BCUT2D eigenvalue weighted by molar-refractivity contribution is 5.71. The molecule has 0 heterocycles. The Labute approximate surface area is 253 Å². The summed E-state index contributed by atoms with van der Waals surface area (Å²) in [5, 5.41) is 3.72. The maximum atomic E-state index is 6.23. The second-order valence-electron chi connectivity index (χ2n) is 11.6. The molecule has 2 atom stereocenters. The SMILES string of the molecule is CCCCCN(CCCCC)c1ccc(Nc2ccc(N(C(C)OCCCC)C(C)OCCCC)cc2C)c(C)c1. The molecule has 0 spiro atoms. The molecule has 0 aliphatic carbocycles. The monoisotopic (exact) mass is 567 g/mol. The highest BCUT2D eigenvalue weighted by atomic mass is 16.5. The fourth-order valence-electron chi connectivity index (χ4n) is 5.23. The summed E-state index contributed by atoms with van der Waals surface area (Å²) in [4.78, 5) is 4.86. The molecule has 0 radical (unpaired) electrons. The van der Waals surface area contributed by atoms with Crippen LogP contribution in [0.15, 0.2) is 36.4 Å². The zero-order valence-electron chi connectivity index (χ0n) is 27.7. The molecule has 0 aliphatic rings. The number of hydrogen-bond donors (Lipinski definition) is 1. The molecule has 5 nitrogen and oxygen atoms in total. The van der Waals surface area contributed by atoms with E-state index in [0.29, 0.717) is 0 Å². The Morgan fingerprint density at radius 1 is 0.610 bits per heavy atom. The van der Waals surface area contributed by atoms with Crippen molar-refractivity contribution in [1.82, 2.24) is 0 Å². The number of rotatable bonds is 22. The van der Waals surface area contributed by atoms with Gasteiger partial charge in [0.25, 0.3) is 0 Å². The molecule has 232 valence electrons. The number of nitrogens with zero attached hydrogens (tertiary/aromatic N) is 2. The van der Waals surface area contributed by atoms with Gasteiger partial charge >= 0.3 is 0 Å². The second kappa shape index (κ2) is 19.8. The molecular weight excluding hydrogens is 506 g/mol. The zero-order valence-corrected chi connectivity index (χ0v) is 27.7. The Hall–Kier alpha value is -2.24. The third-order valence-electron chi connectivity index (χ3n) is 7.91. The van der Waals surface area contributed by atoms with Gasteiger partial charge in [-0.3, -0.25) is 0 Å². The Morgan fingerprint density at radius 3 is 1.49 bits per heavy atom. The molecule has 5 heteroatoms. The summed E-state index contributed by atoms with van der Waals surface area (Å²) in [6.07, 6.45) is 11.9. The number of ether oxygens (including phenoxy) is 2. The standard InChI is InChI=1S/C36H61N3O2/c1-9-13-17-23-38(24-18-14-10-2)33-19-21-35(29(5)27-33)37-36-22-20-34(28-30(36)6)39(31(7)40-25-15-11-3)32(8)41-26-16-12-4/h19-22,27-28,31-32,37H,9-18,23-26H2,1-8H3. The fourth-order valence-corrected chi connectivity index (χ4v) is 5.23. The molecule has 2 unspecified atom stereocenters. The van der Waals surface area contributed by atoms with Gasteiger partial charge in [0, 0.05) is 49.1 Å². The molecule has 41 heavy (non-hydrogen) atoms. The zero-order chi connectivity index (χ0) is 30.0. The fraction of sp³-hybridized carbons (Fsp3) is 0.667. The number of hydrogen-bond acceptors (Lipinski definition) is 5. The summed E-state index contributed by atoms with van der Waals surface area (Å²) in [6, 6.07) is 13.6. The van der Waals surface area contributed by atoms with E-state index in [9.17, 15) is 0 Å². The molecule has 0 saturated heterocycles. The van der Waals surface area contributed by atoms with E-state index < -0.39 is 0 Å². The predicted molar refractivity (Wildman–Crippen MR) is 180 cm³/mol. The second-order valence-corrected chi connectivity index (χ2v) is 11.6. The largest absolute Gasteiger partial charge is 0.372 e. The average molecular weight is 568 g/mol. The third kappa shape index (κ3) is 11.9. The minimum absolute atomic E-state index is 0.0660. The van der Waals surface area contributed by atoms with Crippen molar-refractivity contribution in [3.8, 4) is 0 Å². The van der Waals surface area contributed by atoms with E-state index in [1.165, 1.54) is 55.3 Å². The first kappa shape index (κ1) is 35.0. The summed E-state index contributed by atoms with van der Waals surface area (Å²) in [7, 11) is 0. The number of aryl methyl sites for hydroxylation is 2. The topological polar surface area (TPSA) is 37.0 Å². The Bertz CT molecular complexity index is 953. The van der Waals surface area contributed by atoms with Gasteiger partial charge < -0.3 is 24.6 Å². The maximum Gasteiger partial charge on any atom is 0.129 e. The van der Waals surface area contributed by atoms with Crippen molar-refractivity contribution in [2.45, 2.75) is 132 Å². The summed E-state index contributed by atoms with van der Waals surface area (Å²) in [6.45, 7) is 21.4. The van der Waals surface area contributed by atoms with Gasteiger partial charge in [-0.25, -0.2) is 0 Å². The van der Waals surface area contributed by atoms with E-state index in [4.69, 9.17) is 9.47 Å². The van der Waals surface area contributed by atoms with Gasteiger partial charge in [-0.2, -0.15) is 0 Å². The lowest BCUT2D eigenvalue weighted by Crippen LogP contribution is -2.43. The number of nitrogens with one attached hydrogen (secondary N) is 1. The lowest BCUT2D eigenvalue weighted by Gasteiger charge is -2.36. The summed E-state index contributed by atoms with van der Waals surface area (Å²) >= 11 is 0. The minimum atomic E-state index is -0.0660. The van der Waals surface area contributed by atoms with E-state index in [-0.39, 0.29) is 12.5 Å². The minimum Gasteiger partial charge on any atom is -0.372 e. The van der Waals surface area contributed by atoms with Crippen molar-refractivity contribution in [1.29, 1.82) is 0 Å². The number of anilines is 4. The highest BCUT2D eigenvalue weighted by Gasteiger charge is 2.22. The van der Waals surface area contributed by atoms with Gasteiger partial charge in [0.2, 0.25) is 0 Å². The molecule has 0 saturated carbocycles. The van der Waals surface area contributed by atoms with Gasteiger partial charge in [0.05, 0.1) is 0 Å². The van der Waals surface area contributed by atoms with Crippen molar-refractivity contribution >= 4 is 22.7 Å². The Kier molecular flexibility index (Phi) is 16.9. The van der Waals surface area contributed by atoms with Crippen LogP contribution in [0.2, 0.25) is 0 Å². The molecule has 0 amide bonds. The predicted octanol–water partition coefficient (Wildman–Crippen LogP) is 10.4. The maximum absolute atomic E-state index is 6.23. The van der Waals surface area contributed by atoms with E-state index >= 15 is 0 Å². The van der Waals surface area contributed by atoms with Crippen LogP contribution in [0.3, 0.4) is 0 Å². The molecule has 2 rings (SSSR count). The van der Waals surface area contributed by atoms with Gasteiger partial charge in [0.15, 0.2) is 0 Å². The normalized spacial score (nSPS) is 12.8. The first-order valence-electron chi connectivity index (χ1n) is 16.6. The molecule has 0 bridgehead atoms. The van der Waals surface area contributed by atoms with E-state index in [1.807, 2.05) is 0 Å². The van der Waals surface area contributed by atoms with Gasteiger partial charge in [0.1, 0.15) is 12.5 Å². The van der Waals surface area contributed by atoms with Crippen LogP contribution in [0.4, 0.5) is 22.7 Å². The van der Waals surface area contributed by atoms with Crippen LogP contribution < -0.4 is 15.1 Å². The van der Waals surface area contributed by atoms with Crippen molar-refractivity contribution < 1.29 is 9.47 Å². The summed E-state index contributed by atoms with van der Waals surface area (Å²) in [5.41, 5.74) is 7.25. The Balaban J connectivity index is 2.21. The third-order valence-corrected chi connectivity index (χ3v) is 7.91. The van der Waals surface area contributed by atoms with Crippen LogP contribution >= 0.6 is 0 Å². The van der Waals surface area contributed by atoms with Gasteiger partial charge in [-0.15, -0.1) is 0 Å². The molecule has 2 aromatic carbocycles. The quantitative estimate of drug-likeness (QED) is 0.113. The number of benzene rings is 2. The highest BCUT2D eigenvalue weighted by Crippen LogP contribution is 2.31. The average Bonchev–Trinajstić information content (AvgIpc) is 2.95. The smallest absolute Gasteiger partial charge is 0.129 e.